The second-order valence-electron chi connectivity index (χ2n) is 6.38. The zero-order valence-electron chi connectivity index (χ0n) is 13.4. The summed E-state index contributed by atoms with van der Waals surface area (Å²) in [5.74, 6) is 0. The molecule has 0 amide bonds. The molecule has 0 aromatic heterocycles. The molecule has 0 saturated carbocycles. The van der Waals surface area contributed by atoms with Gasteiger partial charge in [0.25, 0.3) is 0 Å². The van der Waals surface area contributed by atoms with Crippen LogP contribution in [-0.4, -0.2) is 54.3 Å². The van der Waals surface area contributed by atoms with E-state index in [1.165, 1.54) is 0 Å². The Hall–Kier alpha value is 1.06. The summed E-state index contributed by atoms with van der Waals surface area (Å²) in [6.07, 6.45) is 0. The van der Waals surface area contributed by atoms with Gasteiger partial charge in [-0.25, -0.2) is 0 Å². The van der Waals surface area contributed by atoms with Gasteiger partial charge in [-0.2, -0.15) is 0 Å². The van der Waals surface area contributed by atoms with E-state index in [-0.39, 0.29) is 20.0 Å². The molecule has 0 aromatic rings. The standard InChI is InChI=1S/C8H24O6Si6/c1-17(2)10-15-9-16-11-18(3,4)13-20(7,8)14-19(5,6)12-17/h1-8H3. The van der Waals surface area contributed by atoms with Gasteiger partial charge in [0.15, 0.2) is 0 Å². The van der Waals surface area contributed by atoms with Gasteiger partial charge in [-0.05, 0) is 52.4 Å². The number of hydrogen-bond donors (Lipinski definition) is 0. The lowest BCUT2D eigenvalue weighted by Gasteiger charge is -2.40. The predicted molar refractivity (Wildman–Crippen MR) is 87.9 cm³/mol. The third kappa shape index (κ3) is 7.36. The molecule has 0 atom stereocenters. The van der Waals surface area contributed by atoms with Crippen LogP contribution in [0.2, 0.25) is 52.4 Å². The first-order chi connectivity index (χ1) is 8.83. The molecule has 1 fully saturated rings. The van der Waals surface area contributed by atoms with E-state index in [0.29, 0.717) is 0 Å². The fourth-order valence-corrected chi connectivity index (χ4v) is 21.3. The molecule has 1 heterocycles. The minimum atomic E-state index is -2.31. The normalized spacial score (nSPS) is 30.0. The van der Waals surface area contributed by atoms with Gasteiger partial charge >= 0.3 is 54.3 Å². The van der Waals surface area contributed by atoms with Gasteiger partial charge in [0.05, 0.1) is 0 Å². The summed E-state index contributed by atoms with van der Waals surface area (Å²) in [5.41, 5.74) is 0. The summed E-state index contributed by atoms with van der Waals surface area (Å²) < 4.78 is 35.6. The molecule has 0 unspecified atom stereocenters. The average molecular weight is 385 g/mol. The molecule has 4 radical (unpaired) electrons. The minimum Gasteiger partial charge on any atom is -0.416 e. The maximum atomic E-state index is 6.28. The van der Waals surface area contributed by atoms with Crippen LogP contribution in [0.4, 0.5) is 0 Å². The Bertz CT molecular complexity index is 305. The average Bonchev–Trinajstić information content (AvgIpc) is 2.08. The lowest BCUT2D eigenvalue weighted by atomic mass is 11.9. The Morgan fingerprint density at radius 1 is 0.500 bits per heavy atom. The molecule has 1 rings (SSSR count). The largest absolute Gasteiger partial charge is 0.416 e. The molecule has 0 bridgehead atoms. The van der Waals surface area contributed by atoms with Crippen LogP contribution < -0.4 is 0 Å². The van der Waals surface area contributed by atoms with E-state index in [0.717, 1.165) is 0 Å². The van der Waals surface area contributed by atoms with Gasteiger partial charge < -0.3 is 24.7 Å². The van der Waals surface area contributed by atoms with Crippen LogP contribution in [0.1, 0.15) is 0 Å². The van der Waals surface area contributed by atoms with E-state index < -0.39 is 34.2 Å². The molecule has 0 aliphatic carbocycles. The third-order valence-corrected chi connectivity index (χ3v) is 19.2. The van der Waals surface area contributed by atoms with Crippen LogP contribution in [0.3, 0.4) is 0 Å². The van der Waals surface area contributed by atoms with Gasteiger partial charge in [-0.1, -0.05) is 0 Å². The Morgan fingerprint density at radius 2 is 0.800 bits per heavy atom. The highest BCUT2D eigenvalue weighted by molar-refractivity contribution is 6.88. The second-order valence-corrected chi connectivity index (χ2v) is 22.8. The Kier molecular flexibility index (Phi) is 6.37. The lowest BCUT2D eigenvalue weighted by molar-refractivity contribution is 0.266. The van der Waals surface area contributed by atoms with E-state index in [1.54, 1.807) is 0 Å². The van der Waals surface area contributed by atoms with E-state index >= 15 is 0 Å². The number of rotatable bonds is 0. The highest BCUT2D eigenvalue weighted by Gasteiger charge is 2.45. The van der Waals surface area contributed by atoms with Crippen LogP contribution in [0.5, 0.6) is 0 Å². The summed E-state index contributed by atoms with van der Waals surface area (Å²) >= 11 is 0. The summed E-state index contributed by atoms with van der Waals surface area (Å²) in [5, 5.41) is 0. The molecule has 1 aliphatic rings. The van der Waals surface area contributed by atoms with Gasteiger partial charge in [0.1, 0.15) is 0 Å². The summed E-state index contributed by atoms with van der Waals surface area (Å²) in [4.78, 5) is 0. The van der Waals surface area contributed by atoms with Crippen molar-refractivity contribution < 1.29 is 24.7 Å². The summed E-state index contributed by atoms with van der Waals surface area (Å²) in [7, 11) is -9.24. The van der Waals surface area contributed by atoms with Crippen molar-refractivity contribution in [1.29, 1.82) is 0 Å². The van der Waals surface area contributed by atoms with Crippen molar-refractivity contribution in [2.24, 2.45) is 0 Å². The molecule has 12 heteroatoms. The van der Waals surface area contributed by atoms with Crippen molar-refractivity contribution in [3.05, 3.63) is 0 Å². The van der Waals surface area contributed by atoms with Crippen LogP contribution in [0.15, 0.2) is 0 Å². The molecule has 6 nitrogen and oxygen atoms in total. The highest BCUT2D eigenvalue weighted by atomic mass is 28.5. The third-order valence-electron chi connectivity index (χ3n) is 2.13. The quantitative estimate of drug-likeness (QED) is 0.595. The zero-order valence-corrected chi connectivity index (χ0v) is 19.4. The van der Waals surface area contributed by atoms with Gasteiger partial charge in [0, 0.05) is 0 Å². The topological polar surface area (TPSA) is 55.4 Å². The first-order valence-electron chi connectivity index (χ1n) is 6.45. The Balaban J connectivity index is 2.89. The van der Waals surface area contributed by atoms with Gasteiger partial charge in [-0.15, -0.1) is 0 Å². The molecule has 0 spiro atoms. The fourth-order valence-electron chi connectivity index (χ4n) is 2.12. The van der Waals surface area contributed by atoms with E-state index in [4.69, 9.17) is 24.7 Å². The lowest BCUT2D eigenvalue weighted by Crippen LogP contribution is -2.58. The first-order valence-corrected chi connectivity index (χ1v) is 19.3. The van der Waals surface area contributed by atoms with E-state index in [9.17, 15) is 0 Å². The van der Waals surface area contributed by atoms with Crippen molar-refractivity contribution in [3.8, 4) is 0 Å². The Labute approximate surface area is 131 Å². The molecule has 20 heavy (non-hydrogen) atoms. The maximum Gasteiger partial charge on any atom is 0.412 e. The maximum absolute atomic E-state index is 6.28. The van der Waals surface area contributed by atoms with Crippen molar-refractivity contribution in [1.82, 2.24) is 0 Å². The van der Waals surface area contributed by atoms with Gasteiger partial charge in [-0.3, -0.25) is 0 Å². The van der Waals surface area contributed by atoms with Crippen molar-refractivity contribution in [2.45, 2.75) is 52.4 Å². The minimum absolute atomic E-state index is 0.0643. The molecule has 1 aliphatic heterocycles. The van der Waals surface area contributed by atoms with Crippen LogP contribution in [-0.2, 0) is 24.7 Å². The molecule has 116 valence electrons. The van der Waals surface area contributed by atoms with Crippen molar-refractivity contribution in [2.75, 3.05) is 0 Å². The monoisotopic (exact) mass is 384 g/mol. The zero-order chi connectivity index (χ0) is 15.7. The fraction of sp³-hybridized carbons (Fsp3) is 1.00. The predicted octanol–water partition coefficient (Wildman–Crippen LogP) is 1.98. The molecular weight excluding hydrogens is 361 g/mol. The first kappa shape index (κ1) is 19.1. The second kappa shape index (κ2) is 6.67. The SMILES string of the molecule is C[Si]1(C)O[Si]O[Si]O[Si](C)(C)O[Si](C)(C)O[Si](C)(C)O1. The van der Waals surface area contributed by atoms with Crippen LogP contribution in [0, 0.1) is 0 Å². The van der Waals surface area contributed by atoms with E-state index in [2.05, 4.69) is 0 Å². The number of hydrogen-bond acceptors (Lipinski definition) is 6. The van der Waals surface area contributed by atoms with Crippen molar-refractivity contribution >= 4 is 54.3 Å². The van der Waals surface area contributed by atoms with Crippen LogP contribution >= 0.6 is 0 Å². The molecule has 1 saturated heterocycles. The van der Waals surface area contributed by atoms with Crippen molar-refractivity contribution in [3.63, 3.8) is 0 Å². The summed E-state index contributed by atoms with van der Waals surface area (Å²) in [6, 6.07) is 0. The smallest absolute Gasteiger partial charge is 0.412 e. The molecular formula is C8H24O6Si6. The van der Waals surface area contributed by atoms with Crippen LogP contribution in [0.25, 0.3) is 0 Å². The Morgan fingerprint density at radius 3 is 1.15 bits per heavy atom. The molecule has 0 aromatic carbocycles. The van der Waals surface area contributed by atoms with Gasteiger partial charge in [0.2, 0.25) is 0 Å². The highest BCUT2D eigenvalue weighted by Crippen LogP contribution is 2.24. The summed E-state index contributed by atoms with van der Waals surface area (Å²) in [6.45, 7) is 16.2. The molecule has 0 N–H and O–H groups in total. The van der Waals surface area contributed by atoms with E-state index in [1.807, 2.05) is 52.4 Å².